The molecule has 0 aliphatic carbocycles. The first-order chi connectivity index (χ1) is 5.22. The van der Waals surface area contributed by atoms with E-state index in [9.17, 15) is 9.59 Å². The van der Waals surface area contributed by atoms with Crippen molar-refractivity contribution in [3.8, 4) is 0 Å². The molecule has 0 saturated carbocycles. The molecule has 0 atom stereocenters. The number of carboxylic acid groups (broad SMARTS) is 1. The Balaban J connectivity index is 0.00000121. The summed E-state index contributed by atoms with van der Waals surface area (Å²) in [7, 11) is 0. The van der Waals surface area contributed by atoms with Gasteiger partial charge in [0.25, 0.3) is 0 Å². The molecule has 0 saturated heterocycles. The van der Waals surface area contributed by atoms with Crippen LogP contribution in [0.1, 0.15) is 10.4 Å². The molecule has 0 spiro atoms. The van der Waals surface area contributed by atoms with Crippen molar-refractivity contribution in [1.82, 2.24) is 9.97 Å². The van der Waals surface area contributed by atoms with E-state index in [0.717, 1.165) is 12.4 Å². The number of Topliss-reactive ketones (excluding diaryl/α,β-unsaturated/α-hetero) is 1. The van der Waals surface area contributed by atoms with E-state index in [1.807, 2.05) is 0 Å². The van der Waals surface area contributed by atoms with E-state index in [-0.39, 0.29) is 56.9 Å². The molecule has 0 unspecified atom stereocenters. The molecule has 1 aromatic rings. The molecule has 6 heteroatoms. The fourth-order valence-corrected chi connectivity index (χ4v) is 0.504. The fourth-order valence-electron chi connectivity index (χ4n) is 0.504. The van der Waals surface area contributed by atoms with E-state index in [0.29, 0.717) is 0 Å². The number of nitrogens with zero attached hydrogens (tertiary/aromatic N) is 2. The predicted octanol–water partition coefficient (Wildman–Crippen LogP) is -3.45. The van der Waals surface area contributed by atoms with Crippen LogP contribution in [0.4, 0.5) is 0 Å². The second kappa shape index (κ2) is 5.49. The summed E-state index contributed by atoms with van der Waals surface area (Å²) in [5.41, 5.74) is -0.0451. The molecule has 5 nitrogen and oxygen atoms in total. The van der Waals surface area contributed by atoms with Crippen molar-refractivity contribution in [3.63, 3.8) is 0 Å². The van der Waals surface area contributed by atoms with Gasteiger partial charge in [-0.05, 0) is 5.56 Å². The monoisotopic (exact) mass is 190 g/mol. The normalized spacial score (nSPS) is 8.33. The molecule has 0 amide bonds. The van der Waals surface area contributed by atoms with E-state index in [4.69, 9.17) is 5.11 Å². The molecule has 56 valence electrons. The Hall–Kier alpha value is -0.144. The van der Waals surface area contributed by atoms with Crippen LogP contribution in [-0.4, -0.2) is 26.8 Å². The van der Waals surface area contributed by atoms with Crippen LogP contribution in [0, 0.1) is 6.33 Å². The van der Waals surface area contributed by atoms with Crippen molar-refractivity contribution in [2.24, 2.45) is 0 Å². The Morgan fingerprint density at radius 3 is 2.25 bits per heavy atom. The molecule has 0 aromatic carbocycles. The zero-order valence-electron chi connectivity index (χ0n) is 6.31. The quantitative estimate of drug-likeness (QED) is 0.227. The van der Waals surface area contributed by atoms with Gasteiger partial charge in [0.1, 0.15) is 0 Å². The minimum atomic E-state index is -1.51. The second-order valence-electron chi connectivity index (χ2n) is 1.71. The molecule has 0 aliphatic heterocycles. The van der Waals surface area contributed by atoms with Crippen molar-refractivity contribution >= 4 is 11.8 Å². The average molecular weight is 190 g/mol. The van der Waals surface area contributed by atoms with Crippen molar-refractivity contribution in [1.29, 1.82) is 0 Å². The number of hydrogen-bond donors (Lipinski definition) is 1. The Labute approximate surface area is 111 Å². The molecule has 1 rings (SSSR count). The third-order valence-electron chi connectivity index (χ3n) is 0.979. The third-order valence-corrected chi connectivity index (χ3v) is 0.979. The maximum absolute atomic E-state index is 10.7. The van der Waals surface area contributed by atoms with E-state index in [1.54, 1.807) is 0 Å². The van der Waals surface area contributed by atoms with Gasteiger partial charge in [0.2, 0.25) is 5.78 Å². The van der Waals surface area contributed by atoms with Crippen LogP contribution < -0.4 is 51.4 Å². The second-order valence-corrected chi connectivity index (χ2v) is 1.71. The first-order valence-corrected chi connectivity index (χ1v) is 2.67. The van der Waals surface area contributed by atoms with Gasteiger partial charge in [-0.25, -0.2) is 4.79 Å². The van der Waals surface area contributed by atoms with Gasteiger partial charge in [-0.1, -0.05) is 12.4 Å². The van der Waals surface area contributed by atoms with Gasteiger partial charge in [-0.2, -0.15) is 0 Å². The standard InChI is InChI=1S/C6H3N2O3.K/c9-5(6(10)11)4-1-7-3-8-2-4;/h1-2H,(H,10,11);/q-1;+1. The van der Waals surface area contributed by atoms with Crippen LogP contribution in [0.25, 0.3) is 0 Å². The molecule has 0 bridgehead atoms. The number of aromatic nitrogens is 2. The predicted molar refractivity (Wildman–Crippen MR) is 32.8 cm³/mol. The molecule has 0 aliphatic rings. The molecule has 1 N–H and O–H groups in total. The smallest absolute Gasteiger partial charge is 0.475 e. The van der Waals surface area contributed by atoms with Crippen molar-refractivity contribution < 1.29 is 66.1 Å². The summed E-state index contributed by atoms with van der Waals surface area (Å²) in [6.45, 7) is 0. The molecular formula is C6H3KN2O3. The average Bonchev–Trinajstić information content (AvgIpc) is 2.05. The zero-order chi connectivity index (χ0) is 8.27. The van der Waals surface area contributed by atoms with Crippen molar-refractivity contribution in [2.75, 3.05) is 0 Å². The van der Waals surface area contributed by atoms with E-state index in [1.165, 1.54) is 0 Å². The van der Waals surface area contributed by atoms with Crippen molar-refractivity contribution in [2.45, 2.75) is 0 Å². The minimum Gasteiger partial charge on any atom is -0.475 e. The van der Waals surface area contributed by atoms with Crippen molar-refractivity contribution in [3.05, 3.63) is 24.3 Å². The van der Waals surface area contributed by atoms with Gasteiger partial charge in [-0.15, -0.1) is 0 Å². The van der Waals surface area contributed by atoms with Gasteiger partial charge >= 0.3 is 57.4 Å². The maximum Gasteiger partial charge on any atom is 1.00 e. The largest absolute Gasteiger partial charge is 1.00 e. The number of aliphatic carboxylic acids is 1. The topological polar surface area (TPSA) is 80.1 Å². The van der Waals surface area contributed by atoms with E-state index >= 15 is 0 Å². The van der Waals surface area contributed by atoms with E-state index < -0.39 is 11.8 Å². The first-order valence-electron chi connectivity index (χ1n) is 2.67. The first kappa shape index (κ1) is 11.9. The molecular weight excluding hydrogens is 187 g/mol. The molecule has 12 heavy (non-hydrogen) atoms. The van der Waals surface area contributed by atoms with Crippen LogP contribution in [0.3, 0.4) is 0 Å². The molecule has 1 heterocycles. The van der Waals surface area contributed by atoms with Crippen LogP contribution in [0.5, 0.6) is 0 Å². The summed E-state index contributed by atoms with van der Waals surface area (Å²) in [6, 6.07) is 0. The number of ketones is 1. The van der Waals surface area contributed by atoms with Crippen LogP contribution >= 0.6 is 0 Å². The van der Waals surface area contributed by atoms with Gasteiger partial charge in [-0.3, -0.25) is 4.79 Å². The summed E-state index contributed by atoms with van der Waals surface area (Å²) in [4.78, 5) is 27.5. The Morgan fingerprint density at radius 1 is 1.33 bits per heavy atom. The molecule has 0 fully saturated rings. The Bertz CT molecular complexity index is 288. The number of carbonyl (C=O) groups excluding carboxylic acids is 1. The fraction of sp³-hybridized carbons (Fsp3) is 0. The number of hydrogen-bond acceptors (Lipinski definition) is 4. The van der Waals surface area contributed by atoms with Crippen LogP contribution in [0.15, 0.2) is 12.4 Å². The third kappa shape index (κ3) is 3.07. The number of rotatable bonds is 2. The molecule has 1 aromatic heterocycles. The maximum atomic E-state index is 10.7. The summed E-state index contributed by atoms with van der Waals surface area (Å²) in [5, 5.41) is 8.22. The van der Waals surface area contributed by atoms with Gasteiger partial charge in [0.15, 0.2) is 0 Å². The summed E-state index contributed by atoms with van der Waals surface area (Å²) < 4.78 is 0. The van der Waals surface area contributed by atoms with Crippen LogP contribution in [0.2, 0.25) is 0 Å². The molecule has 0 radical (unpaired) electrons. The van der Waals surface area contributed by atoms with E-state index in [2.05, 4.69) is 16.3 Å². The SMILES string of the molecule is O=C(O)C(=O)c1cn[c-]nc1.[K+]. The summed E-state index contributed by atoms with van der Waals surface area (Å²) in [6.07, 6.45) is 4.38. The zero-order valence-corrected chi connectivity index (χ0v) is 9.44. The Kier molecular flexibility index (Phi) is 5.43. The minimum absolute atomic E-state index is 0. The number of carbonyl (C=O) groups is 2. The summed E-state index contributed by atoms with van der Waals surface area (Å²) in [5.74, 6) is -2.53. The van der Waals surface area contributed by atoms with Crippen LogP contribution in [-0.2, 0) is 4.79 Å². The Morgan fingerprint density at radius 2 is 1.83 bits per heavy atom. The van der Waals surface area contributed by atoms with Gasteiger partial charge in [0, 0.05) is 6.33 Å². The number of carboxylic acids is 1. The summed E-state index contributed by atoms with van der Waals surface area (Å²) >= 11 is 0. The van der Waals surface area contributed by atoms with Gasteiger partial charge < -0.3 is 15.1 Å². The van der Waals surface area contributed by atoms with Gasteiger partial charge in [0.05, 0.1) is 0 Å².